The van der Waals surface area contributed by atoms with Gasteiger partial charge in [-0.3, -0.25) is 4.79 Å². The molecule has 4 heteroatoms. The van der Waals surface area contributed by atoms with E-state index in [1.807, 2.05) is 31.7 Å². The lowest BCUT2D eigenvalue weighted by atomic mass is 9.97. The first-order chi connectivity index (χ1) is 7.63. The maximum absolute atomic E-state index is 11.6. The smallest absolute Gasteiger partial charge is 0.237 e. The summed E-state index contributed by atoms with van der Waals surface area (Å²) in [4.78, 5) is 11.6. The first-order valence-electron chi connectivity index (χ1n) is 5.79. The van der Waals surface area contributed by atoms with Crippen LogP contribution in [0.3, 0.4) is 0 Å². The zero-order chi connectivity index (χ0) is 12.4. The summed E-state index contributed by atoms with van der Waals surface area (Å²) in [5.74, 6) is 0.635. The van der Waals surface area contributed by atoms with Crippen LogP contribution in [0, 0.1) is 23.2 Å². The first-order valence-corrected chi connectivity index (χ1v) is 7.19. The number of carbonyl (C=O) groups is 1. The molecule has 0 aliphatic rings. The quantitative estimate of drug-likeness (QED) is 0.665. The molecule has 1 unspecified atom stereocenters. The van der Waals surface area contributed by atoms with Crippen molar-refractivity contribution in [1.29, 1.82) is 5.26 Å². The molecule has 0 aliphatic heterocycles. The van der Waals surface area contributed by atoms with Gasteiger partial charge in [0.2, 0.25) is 5.91 Å². The van der Waals surface area contributed by atoms with Gasteiger partial charge in [0.25, 0.3) is 0 Å². The van der Waals surface area contributed by atoms with Crippen LogP contribution in [0.1, 0.15) is 33.1 Å². The molecule has 0 bridgehead atoms. The van der Waals surface area contributed by atoms with E-state index in [4.69, 9.17) is 5.26 Å². The van der Waals surface area contributed by atoms with Crippen molar-refractivity contribution < 1.29 is 4.79 Å². The summed E-state index contributed by atoms with van der Waals surface area (Å²) < 4.78 is 0. The monoisotopic (exact) mass is 242 g/mol. The highest BCUT2D eigenvalue weighted by molar-refractivity contribution is 7.98. The van der Waals surface area contributed by atoms with Crippen LogP contribution in [-0.4, -0.2) is 24.5 Å². The van der Waals surface area contributed by atoms with Crippen molar-refractivity contribution in [3.05, 3.63) is 0 Å². The van der Waals surface area contributed by atoms with Gasteiger partial charge >= 0.3 is 0 Å². The molecule has 0 saturated carbocycles. The third-order valence-corrected chi connectivity index (χ3v) is 3.11. The number of carbonyl (C=O) groups excluding carboxylic acids is 1. The Bertz CT molecular complexity index is 236. The van der Waals surface area contributed by atoms with Gasteiger partial charge in [-0.15, -0.1) is 0 Å². The van der Waals surface area contributed by atoms with E-state index < -0.39 is 5.92 Å². The maximum Gasteiger partial charge on any atom is 0.237 e. The van der Waals surface area contributed by atoms with Gasteiger partial charge < -0.3 is 5.32 Å². The average Bonchev–Trinajstić information content (AvgIpc) is 2.23. The Labute approximate surface area is 103 Å². The molecule has 0 aromatic rings. The van der Waals surface area contributed by atoms with Crippen LogP contribution in [0.25, 0.3) is 0 Å². The van der Waals surface area contributed by atoms with Gasteiger partial charge in [-0.05, 0) is 30.8 Å². The summed E-state index contributed by atoms with van der Waals surface area (Å²) in [7, 11) is 0. The molecule has 0 fully saturated rings. The third kappa shape index (κ3) is 6.73. The average molecular weight is 242 g/mol. The second kappa shape index (κ2) is 9.53. The molecule has 3 nitrogen and oxygen atoms in total. The second-order valence-electron chi connectivity index (χ2n) is 4.20. The number of rotatable bonds is 8. The summed E-state index contributed by atoms with van der Waals surface area (Å²) >= 11 is 1.85. The number of hydrogen-bond donors (Lipinski definition) is 1. The molecule has 0 aromatic carbocycles. The van der Waals surface area contributed by atoms with Crippen molar-refractivity contribution in [2.75, 3.05) is 18.6 Å². The minimum Gasteiger partial charge on any atom is -0.355 e. The van der Waals surface area contributed by atoms with Crippen molar-refractivity contribution >= 4 is 17.7 Å². The van der Waals surface area contributed by atoms with Crippen LogP contribution in [0.5, 0.6) is 0 Å². The van der Waals surface area contributed by atoms with E-state index in [9.17, 15) is 4.79 Å². The number of nitrogens with zero attached hydrogens (tertiary/aromatic N) is 1. The molecule has 0 radical (unpaired) electrons. The molecule has 1 amide bonds. The highest BCUT2D eigenvalue weighted by atomic mass is 32.2. The molecule has 0 spiro atoms. The Morgan fingerprint density at radius 1 is 1.38 bits per heavy atom. The Morgan fingerprint density at radius 2 is 2.06 bits per heavy atom. The van der Waals surface area contributed by atoms with Crippen LogP contribution in [-0.2, 0) is 4.79 Å². The van der Waals surface area contributed by atoms with E-state index in [2.05, 4.69) is 11.6 Å². The minimum absolute atomic E-state index is 0.0847. The highest BCUT2D eigenvalue weighted by Gasteiger charge is 2.20. The van der Waals surface area contributed by atoms with E-state index in [-0.39, 0.29) is 11.8 Å². The summed E-state index contributed by atoms with van der Waals surface area (Å²) in [5.41, 5.74) is 0. The summed E-state index contributed by atoms with van der Waals surface area (Å²) in [6.07, 6.45) is 5.44. The van der Waals surface area contributed by atoms with Crippen molar-refractivity contribution in [3.63, 3.8) is 0 Å². The fourth-order valence-electron chi connectivity index (χ4n) is 1.38. The summed E-state index contributed by atoms with van der Waals surface area (Å²) in [6.45, 7) is 4.48. The molecular formula is C12H22N2OS. The van der Waals surface area contributed by atoms with Crippen LogP contribution in [0.2, 0.25) is 0 Å². The Balaban J connectivity index is 3.61. The molecule has 0 rings (SSSR count). The molecule has 0 saturated heterocycles. The molecule has 0 aliphatic carbocycles. The topological polar surface area (TPSA) is 52.9 Å². The summed E-state index contributed by atoms with van der Waals surface area (Å²) in [5, 5.41) is 11.6. The fraction of sp³-hybridized carbons (Fsp3) is 0.833. The third-order valence-electron chi connectivity index (χ3n) is 2.41. The Morgan fingerprint density at radius 3 is 2.56 bits per heavy atom. The van der Waals surface area contributed by atoms with Crippen molar-refractivity contribution in [3.8, 4) is 6.07 Å². The lowest BCUT2D eigenvalue weighted by molar-refractivity contribution is -0.124. The number of amides is 1. The molecule has 1 N–H and O–H groups in total. The predicted octanol–water partition coefficient (Wildman–Crippen LogP) is 2.43. The van der Waals surface area contributed by atoms with Crippen molar-refractivity contribution in [2.45, 2.75) is 33.1 Å². The van der Waals surface area contributed by atoms with Crippen LogP contribution >= 0.6 is 11.8 Å². The maximum atomic E-state index is 11.6. The Hall–Kier alpha value is -0.690. The van der Waals surface area contributed by atoms with Crippen molar-refractivity contribution in [2.24, 2.45) is 11.8 Å². The standard InChI is InChI=1S/C12H22N2OS/c1-10(2)11(9-13)12(15)14-7-5-4-6-8-16-3/h10-11H,4-8H2,1-3H3,(H,14,15). The van der Waals surface area contributed by atoms with Gasteiger partial charge in [0, 0.05) is 6.54 Å². The molecular weight excluding hydrogens is 220 g/mol. The lowest BCUT2D eigenvalue weighted by Crippen LogP contribution is -2.33. The van der Waals surface area contributed by atoms with E-state index in [0.29, 0.717) is 6.54 Å². The van der Waals surface area contributed by atoms with Gasteiger partial charge in [0.05, 0.1) is 6.07 Å². The zero-order valence-electron chi connectivity index (χ0n) is 10.5. The second-order valence-corrected chi connectivity index (χ2v) is 5.18. The largest absolute Gasteiger partial charge is 0.355 e. The van der Waals surface area contributed by atoms with Crippen LogP contribution in [0.15, 0.2) is 0 Å². The minimum atomic E-state index is -0.508. The normalized spacial score (nSPS) is 12.2. The van der Waals surface area contributed by atoms with Gasteiger partial charge in [-0.2, -0.15) is 17.0 Å². The van der Waals surface area contributed by atoms with E-state index in [1.165, 1.54) is 12.2 Å². The SMILES string of the molecule is CSCCCCCNC(=O)C(C#N)C(C)C. The number of unbranched alkanes of at least 4 members (excludes halogenated alkanes) is 2. The molecule has 92 valence electrons. The fourth-order valence-corrected chi connectivity index (χ4v) is 1.87. The summed E-state index contributed by atoms with van der Waals surface area (Å²) in [6, 6.07) is 2.05. The van der Waals surface area contributed by atoms with Gasteiger partial charge in [0.1, 0.15) is 5.92 Å². The number of nitriles is 1. The van der Waals surface area contributed by atoms with Crippen LogP contribution in [0.4, 0.5) is 0 Å². The van der Waals surface area contributed by atoms with Gasteiger partial charge in [-0.1, -0.05) is 20.3 Å². The Kier molecular flexibility index (Phi) is 9.12. The van der Waals surface area contributed by atoms with Gasteiger partial charge in [-0.25, -0.2) is 0 Å². The van der Waals surface area contributed by atoms with Crippen LogP contribution < -0.4 is 5.32 Å². The first kappa shape index (κ1) is 15.3. The molecule has 16 heavy (non-hydrogen) atoms. The van der Waals surface area contributed by atoms with E-state index in [1.54, 1.807) is 0 Å². The molecule has 0 aromatic heterocycles. The molecule has 0 heterocycles. The van der Waals surface area contributed by atoms with Crippen molar-refractivity contribution in [1.82, 2.24) is 5.32 Å². The number of thioether (sulfide) groups is 1. The van der Waals surface area contributed by atoms with Gasteiger partial charge in [0.15, 0.2) is 0 Å². The highest BCUT2D eigenvalue weighted by Crippen LogP contribution is 2.09. The predicted molar refractivity (Wildman–Crippen MR) is 69.2 cm³/mol. The number of nitrogens with one attached hydrogen (secondary N) is 1. The number of hydrogen-bond acceptors (Lipinski definition) is 3. The lowest BCUT2D eigenvalue weighted by Gasteiger charge is -2.12. The van der Waals surface area contributed by atoms with E-state index in [0.717, 1.165) is 12.8 Å². The zero-order valence-corrected chi connectivity index (χ0v) is 11.3. The van der Waals surface area contributed by atoms with E-state index >= 15 is 0 Å². The molecule has 1 atom stereocenters.